The smallest absolute Gasteiger partial charge is 0.316 e. The summed E-state index contributed by atoms with van der Waals surface area (Å²) < 4.78 is 38.7. The summed E-state index contributed by atoms with van der Waals surface area (Å²) in [7, 11) is -2.89. The van der Waals surface area contributed by atoms with Crippen LogP contribution in [0.5, 0.6) is 5.75 Å². The van der Waals surface area contributed by atoms with E-state index in [1.807, 2.05) is 0 Å². The van der Waals surface area contributed by atoms with Crippen LogP contribution in [0.25, 0.3) is 0 Å². The monoisotopic (exact) mass is 556 g/mol. The zero-order chi connectivity index (χ0) is 25.4. The number of thioether (sulfide) groups is 1. The van der Waals surface area contributed by atoms with E-state index in [-0.39, 0.29) is 21.5 Å². The number of ether oxygens (including phenoxy) is 2. The van der Waals surface area contributed by atoms with E-state index in [9.17, 15) is 18.0 Å². The van der Waals surface area contributed by atoms with E-state index in [0.717, 1.165) is 27.4 Å². The Morgan fingerprint density at radius 3 is 2.54 bits per heavy atom. The van der Waals surface area contributed by atoms with Gasteiger partial charge in [-0.25, -0.2) is 8.42 Å². The molecule has 1 heterocycles. The molecule has 3 rings (SSSR count). The second-order valence-electron chi connectivity index (χ2n) is 6.65. The third-order valence-electron chi connectivity index (χ3n) is 4.32. The third kappa shape index (κ3) is 7.07. The number of aromatic nitrogens is 2. The Kier molecular flexibility index (Phi) is 9.32. The molecule has 10 nitrogen and oxygen atoms in total. The number of amides is 1. The van der Waals surface area contributed by atoms with Gasteiger partial charge in [-0.2, -0.15) is 0 Å². The summed E-state index contributed by atoms with van der Waals surface area (Å²) in [5, 5.41) is 10.9. The van der Waals surface area contributed by atoms with Gasteiger partial charge in [-0.05, 0) is 43.3 Å². The summed E-state index contributed by atoms with van der Waals surface area (Å²) >= 11 is 8.07. The average Bonchev–Trinajstić information content (AvgIpc) is 3.29. The van der Waals surface area contributed by atoms with E-state index in [1.54, 1.807) is 31.2 Å². The van der Waals surface area contributed by atoms with Gasteiger partial charge >= 0.3 is 5.97 Å². The molecule has 2 aromatic carbocycles. The Hall–Kier alpha value is -2.87. The van der Waals surface area contributed by atoms with E-state index < -0.39 is 28.4 Å². The molecule has 0 spiro atoms. The van der Waals surface area contributed by atoms with Gasteiger partial charge in [0, 0.05) is 5.02 Å². The zero-order valence-electron chi connectivity index (χ0n) is 18.6. The minimum Gasteiger partial charge on any atom is -0.492 e. The number of nitrogens with one attached hydrogen (secondary N) is 1. The molecule has 1 N–H and O–H groups in total. The molecular weight excluding hydrogens is 536 g/mol. The van der Waals surface area contributed by atoms with Crippen molar-refractivity contribution >= 4 is 67.4 Å². The van der Waals surface area contributed by atoms with Crippen LogP contribution in [0, 0.1) is 0 Å². The molecule has 0 bridgehead atoms. The highest BCUT2D eigenvalue weighted by Gasteiger charge is 2.29. The number of rotatable bonds is 11. The quantitative estimate of drug-likeness (QED) is 0.213. The first-order valence-electron chi connectivity index (χ1n) is 10.1. The lowest BCUT2D eigenvalue weighted by Crippen LogP contribution is -2.38. The largest absolute Gasteiger partial charge is 0.492 e. The van der Waals surface area contributed by atoms with Crippen molar-refractivity contribution in [3.63, 3.8) is 0 Å². The summed E-state index contributed by atoms with van der Waals surface area (Å²) in [5.74, 6) is -0.723. The molecule has 0 radical (unpaired) electrons. The van der Waals surface area contributed by atoms with Crippen LogP contribution in [0.2, 0.25) is 5.02 Å². The molecule has 1 aromatic heterocycles. The molecule has 0 saturated carbocycles. The van der Waals surface area contributed by atoms with Crippen LogP contribution in [0.4, 0.5) is 10.8 Å². The minimum absolute atomic E-state index is 0.0421. The molecule has 14 heteroatoms. The number of nitrogens with zero attached hydrogens (tertiary/aromatic N) is 3. The summed E-state index contributed by atoms with van der Waals surface area (Å²) in [6.07, 6.45) is 0. The Balaban J connectivity index is 1.86. The number of sulfonamides is 1. The standard InChI is InChI=1S/C21H21ClN4O6S3/c1-3-32-17-7-5-4-6-16(17)26(35(29,30)15-10-8-14(22)9-11-15)12-18(27)23-20-24-25-21(34-20)33-13-19(28)31-2/h4-11H,3,12-13H2,1-2H3,(H,23,24,27). The number of para-hydroxylation sites is 2. The van der Waals surface area contributed by atoms with Crippen molar-refractivity contribution in [1.29, 1.82) is 0 Å². The fourth-order valence-electron chi connectivity index (χ4n) is 2.76. The number of hydrogen-bond donors (Lipinski definition) is 1. The van der Waals surface area contributed by atoms with Gasteiger partial charge in [-0.1, -0.05) is 46.8 Å². The molecule has 186 valence electrons. The Labute approximate surface area is 215 Å². The van der Waals surface area contributed by atoms with E-state index in [2.05, 4.69) is 20.3 Å². The highest BCUT2D eigenvalue weighted by molar-refractivity contribution is 8.01. The van der Waals surface area contributed by atoms with Gasteiger partial charge in [0.25, 0.3) is 10.0 Å². The van der Waals surface area contributed by atoms with Crippen LogP contribution in [-0.4, -0.2) is 56.5 Å². The van der Waals surface area contributed by atoms with Crippen LogP contribution in [0.15, 0.2) is 57.8 Å². The number of hydrogen-bond acceptors (Lipinski definition) is 10. The lowest BCUT2D eigenvalue weighted by molar-refractivity contribution is -0.137. The molecule has 35 heavy (non-hydrogen) atoms. The highest BCUT2D eigenvalue weighted by Crippen LogP contribution is 2.33. The van der Waals surface area contributed by atoms with Crippen LogP contribution < -0.4 is 14.4 Å². The predicted octanol–water partition coefficient (Wildman–Crippen LogP) is 3.69. The van der Waals surface area contributed by atoms with Crippen molar-refractivity contribution in [3.8, 4) is 5.75 Å². The lowest BCUT2D eigenvalue weighted by Gasteiger charge is -2.25. The van der Waals surface area contributed by atoms with Crippen LogP contribution >= 0.6 is 34.7 Å². The number of halogens is 1. The fraction of sp³-hybridized carbons (Fsp3) is 0.238. The number of methoxy groups -OCH3 is 1. The first kappa shape index (κ1) is 26.7. The molecule has 1 amide bonds. The topological polar surface area (TPSA) is 128 Å². The number of benzene rings is 2. The van der Waals surface area contributed by atoms with Crippen molar-refractivity contribution in [1.82, 2.24) is 10.2 Å². The van der Waals surface area contributed by atoms with E-state index in [4.69, 9.17) is 16.3 Å². The lowest BCUT2D eigenvalue weighted by atomic mass is 10.3. The van der Waals surface area contributed by atoms with Crippen molar-refractivity contribution in [2.24, 2.45) is 0 Å². The van der Waals surface area contributed by atoms with Crippen LogP contribution in [0.1, 0.15) is 6.92 Å². The minimum atomic E-state index is -4.17. The maximum atomic E-state index is 13.5. The van der Waals surface area contributed by atoms with Gasteiger partial charge in [0.1, 0.15) is 12.3 Å². The highest BCUT2D eigenvalue weighted by atomic mass is 35.5. The van der Waals surface area contributed by atoms with E-state index in [0.29, 0.717) is 21.7 Å². The Bertz CT molecular complexity index is 1280. The van der Waals surface area contributed by atoms with Crippen molar-refractivity contribution < 1.29 is 27.5 Å². The summed E-state index contributed by atoms with van der Waals surface area (Å²) in [6.45, 7) is 1.51. The second-order valence-corrected chi connectivity index (χ2v) is 11.2. The number of carbonyl (C=O) groups is 2. The number of carbonyl (C=O) groups excluding carboxylic acids is 2. The number of anilines is 2. The second kappa shape index (κ2) is 12.2. The van der Waals surface area contributed by atoms with Crippen molar-refractivity contribution in [2.75, 3.05) is 35.6 Å². The Morgan fingerprint density at radius 1 is 1.14 bits per heavy atom. The Morgan fingerprint density at radius 2 is 1.86 bits per heavy atom. The molecule has 0 fully saturated rings. The van der Waals surface area contributed by atoms with Crippen LogP contribution in [-0.2, 0) is 24.3 Å². The first-order chi connectivity index (χ1) is 16.7. The van der Waals surface area contributed by atoms with Gasteiger partial charge in [-0.3, -0.25) is 19.2 Å². The summed E-state index contributed by atoms with van der Waals surface area (Å²) in [4.78, 5) is 24.1. The van der Waals surface area contributed by atoms with Gasteiger partial charge in [-0.15, -0.1) is 10.2 Å². The molecule has 0 saturated heterocycles. The van der Waals surface area contributed by atoms with Gasteiger partial charge < -0.3 is 9.47 Å². The summed E-state index contributed by atoms with van der Waals surface area (Å²) in [5.41, 5.74) is 0.200. The molecule has 0 aliphatic heterocycles. The fourth-order valence-corrected chi connectivity index (χ4v) is 5.92. The van der Waals surface area contributed by atoms with Crippen molar-refractivity contribution in [3.05, 3.63) is 53.6 Å². The SMILES string of the molecule is CCOc1ccccc1N(CC(=O)Nc1nnc(SCC(=O)OC)s1)S(=O)(=O)c1ccc(Cl)cc1. The molecule has 0 aliphatic carbocycles. The zero-order valence-corrected chi connectivity index (χ0v) is 21.8. The normalized spacial score (nSPS) is 11.1. The van der Waals surface area contributed by atoms with E-state index >= 15 is 0 Å². The molecule has 3 aromatic rings. The van der Waals surface area contributed by atoms with E-state index in [1.165, 1.54) is 31.4 Å². The molecule has 0 unspecified atom stereocenters. The van der Waals surface area contributed by atoms with Gasteiger partial charge in [0.05, 0.1) is 30.1 Å². The van der Waals surface area contributed by atoms with Crippen LogP contribution in [0.3, 0.4) is 0 Å². The van der Waals surface area contributed by atoms with Gasteiger partial charge in [0.15, 0.2) is 4.34 Å². The maximum absolute atomic E-state index is 13.5. The van der Waals surface area contributed by atoms with Gasteiger partial charge in [0.2, 0.25) is 11.0 Å². The third-order valence-corrected chi connectivity index (χ3v) is 8.29. The average molecular weight is 557 g/mol. The molecule has 0 aliphatic rings. The maximum Gasteiger partial charge on any atom is 0.316 e. The predicted molar refractivity (Wildman–Crippen MR) is 135 cm³/mol. The van der Waals surface area contributed by atoms with Crippen molar-refractivity contribution in [2.45, 2.75) is 16.2 Å². The number of esters is 1. The molecule has 0 atom stereocenters. The summed E-state index contributed by atoms with van der Waals surface area (Å²) in [6, 6.07) is 12.2. The first-order valence-corrected chi connectivity index (χ1v) is 13.7. The molecular formula is C21H21ClN4O6S3.